The van der Waals surface area contributed by atoms with Crippen LogP contribution >= 0.6 is 23.2 Å². The van der Waals surface area contributed by atoms with E-state index in [0.717, 1.165) is 11.1 Å². The van der Waals surface area contributed by atoms with Gasteiger partial charge in [-0.15, -0.1) is 0 Å². The van der Waals surface area contributed by atoms with E-state index in [4.69, 9.17) is 23.2 Å². The van der Waals surface area contributed by atoms with E-state index in [1.54, 1.807) is 13.1 Å². The minimum Gasteiger partial charge on any atom is -0.241 e. The fourth-order valence-electron chi connectivity index (χ4n) is 1.27. The first-order valence-corrected chi connectivity index (χ1v) is 5.17. The monoisotopic (exact) mass is 238 g/mol. The van der Waals surface area contributed by atoms with Gasteiger partial charge in [0.05, 0.1) is 0 Å². The Morgan fingerprint density at radius 1 is 1.07 bits per heavy atom. The molecule has 2 rings (SSSR count). The van der Waals surface area contributed by atoms with Gasteiger partial charge in [0.15, 0.2) is 0 Å². The maximum absolute atomic E-state index is 6.02. The molecule has 0 amide bonds. The molecule has 1 heterocycles. The Morgan fingerprint density at radius 3 is 2.33 bits per heavy atom. The molecule has 0 aliphatic carbocycles. The normalized spacial score (nSPS) is 10.3. The van der Waals surface area contributed by atoms with Gasteiger partial charge in [-0.2, -0.15) is 0 Å². The summed E-state index contributed by atoms with van der Waals surface area (Å²) in [5, 5.41) is 1.16. The number of rotatable bonds is 1. The number of aromatic nitrogens is 2. The minimum atomic E-state index is 0.463. The standard InChI is InChI=1S/C11H8Cl2N2/c1-7-14-6-10(11(13)15-7)8-2-4-9(12)5-3-8/h2-6H,1H3. The molecule has 15 heavy (non-hydrogen) atoms. The van der Waals surface area contributed by atoms with Gasteiger partial charge in [-0.05, 0) is 24.6 Å². The van der Waals surface area contributed by atoms with Crippen molar-refractivity contribution >= 4 is 23.2 Å². The van der Waals surface area contributed by atoms with E-state index < -0.39 is 0 Å². The molecule has 0 radical (unpaired) electrons. The number of aryl methyl sites for hydroxylation is 1. The number of halogens is 2. The molecule has 0 N–H and O–H groups in total. The fraction of sp³-hybridized carbons (Fsp3) is 0.0909. The maximum Gasteiger partial charge on any atom is 0.140 e. The van der Waals surface area contributed by atoms with Crippen LogP contribution in [0.1, 0.15) is 5.82 Å². The van der Waals surface area contributed by atoms with Gasteiger partial charge >= 0.3 is 0 Å². The van der Waals surface area contributed by atoms with Crippen LogP contribution in [-0.2, 0) is 0 Å². The first-order chi connectivity index (χ1) is 7.16. The SMILES string of the molecule is Cc1ncc(-c2ccc(Cl)cc2)c(Cl)n1. The highest BCUT2D eigenvalue weighted by Gasteiger charge is 2.05. The molecular weight excluding hydrogens is 231 g/mol. The van der Waals surface area contributed by atoms with Crippen LogP contribution in [0.25, 0.3) is 11.1 Å². The van der Waals surface area contributed by atoms with Crippen molar-refractivity contribution in [3.8, 4) is 11.1 Å². The second-order valence-electron chi connectivity index (χ2n) is 3.13. The van der Waals surface area contributed by atoms with Gasteiger partial charge < -0.3 is 0 Å². The summed E-state index contributed by atoms with van der Waals surface area (Å²) in [5.41, 5.74) is 1.78. The predicted octanol–water partition coefficient (Wildman–Crippen LogP) is 3.76. The van der Waals surface area contributed by atoms with Gasteiger partial charge in [0, 0.05) is 16.8 Å². The van der Waals surface area contributed by atoms with Crippen molar-refractivity contribution in [1.29, 1.82) is 0 Å². The van der Waals surface area contributed by atoms with Crippen LogP contribution in [0.4, 0.5) is 0 Å². The molecular formula is C11H8Cl2N2. The predicted molar refractivity (Wildman–Crippen MR) is 62.2 cm³/mol. The van der Waals surface area contributed by atoms with Crippen LogP contribution in [0, 0.1) is 6.92 Å². The molecule has 76 valence electrons. The van der Waals surface area contributed by atoms with Gasteiger partial charge in [0.2, 0.25) is 0 Å². The van der Waals surface area contributed by atoms with E-state index in [0.29, 0.717) is 16.0 Å². The number of hydrogen-bond acceptors (Lipinski definition) is 2. The highest BCUT2D eigenvalue weighted by molar-refractivity contribution is 6.32. The second-order valence-corrected chi connectivity index (χ2v) is 3.92. The van der Waals surface area contributed by atoms with Crippen LogP contribution in [0.3, 0.4) is 0 Å². The molecule has 0 aliphatic rings. The molecule has 0 spiro atoms. The number of benzene rings is 1. The Morgan fingerprint density at radius 2 is 1.73 bits per heavy atom. The second kappa shape index (κ2) is 4.17. The quantitative estimate of drug-likeness (QED) is 0.708. The van der Waals surface area contributed by atoms with E-state index in [-0.39, 0.29) is 0 Å². The summed E-state index contributed by atoms with van der Waals surface area (Å²) in [6.45, 7) is 1.80. The van der Waals surface area contributed by atoms with Gasteiger partial charge in [0.1, 0.15) is 11.0 Å². The molecule has 4 heteroatoms. The van der Waals surface area contributed by atoms with E-state index in [1.807, 2.05) is 24.3 Å². The molecule has 0 bridgehead atoms. The lowest BCUT2D eigenvalue weighted by Crippen LogP contribution is -1.90. The first-order valence-electron chi connectivity index (χ1n) is 4.42. The third-order valence-corrected chi connectivity index (χ3v) is 2.56. The van der Waals surface area contributed by atoms with Crippen LogP contribution in [0.15, 0.2) is 30.5 Å². The summed E-state index contributed by atoms with van der Waals surface area (Å²) in [6.07, 6.45) is 1.72. The molecule has 2 aromatic rings. The molecule has 0 fully saturated rings. The minimum absolute atomic E-state index is 0.463. The molecule has 1 aromatic heterocycles. The third kappa shape index (κ3) is 2.28. The van der Waals surface area contributed by atoms with E-state index in [1.165, 1.54) is 0 Å². The molecule has 0 saturated heterocycles. The lowest BCUT2D eigenvalue weighted by molar-refractivity contribution is 1.06. The summed E-state index contributed by atoms with van der Waals surface area (Å²) in [7, 11) is 0. The third-order valence-electron chi connectivity index (χ3n) is 2.02. The fourth-order valence-corrected chi connectivity index (χ4v) is 1.67. The van der Waals surface area contributed by atoms with Crippen molar-refractivity contribution in [2.24, 2.45) is 0 Å². The Bertz CT molecular complexity index is 480. The zero-order valence-electron chi connectivity index (χ0n) is 8.04. The van der Waals surface area contributed by atoms with Crippen molar-refractivity contribution in [1.82, 2.24) is 9.97 Å². The molecule has 0 aliphatic heterocycles. The summed E-state index contributed by atoms with van der Waals surface area (Å²) in [5.74, 6) is 0.665. The lowest BCUT2D eigenvalue weighted by Gasteiger charge is -2.03. The van der Waals surface area contributed by atoms with Crippen LogP contribution < -0.4 is 0 Å². The highest BCUT2D eigenvalue weighted by atomic mass is 35.5. The average molecular weight is 239 g/mol. The molecule has 0 atom stereocenters. The van der Waals surface area contributed by atoms with Gasteiger partial charge in [-0.3, -0.25) is 0 Å². The van der Waals surface area contributed by atoms with Gasteiger partial charge in [0.25, 0.3) is 0 Å². The van der Waals surface area contributed by atoms with Crippen molar-refractivity contribution in [3.63, 3.8) is 0 Å². The Labute approximate surface area is 97.9 Å². The van der Waals surface area contributed by atoms with Crippen molar-refractivity contribution in [3.05, 3.63) is 46.5 Å². The number of nitrogens with zero attached hydrogens (tertiary/aromatic N) is 2. The summed E-state index contributed by atoms with van der Waals surface area (Å²) in [4.78, 5) is 8.20. The van der Waals surface area contributed by atoms with E-state index in [2.05, 4.69) is 9.97 Å². The van der Waals surface area contributed by atoms with Crippen molar-refractivity contribution < 1.29 is 0 Å². The zero-order chi connectivity index (χ0) is 10.8. The Hall–Kier alpha value is -1.12. The van der Waals surface area contributed by atoms with Crippen molar-refractivity contribution in [2.75, 3.05) is 0 Å². The van der Waals surface area contributed by atoms with Crippen LogP contribution in [-0.4, -0.2) is 9.97 Å². The van der Waals surface area contributed by atoms with Gasteiger partial charge in [-0.25, -0.2) is 9.97 Å². The molecule has 0 unspecified atom stereocenters. The first kappa shape index (κ1) is 10.4. The summed E-state index contributed by atoms with van der Waals surface area (Å²) < 4.78 is 0. The van der Waals surface area contributed by atoms with E-state index in [9.17, 15) is 0 Å². The molecule has 0 saturated carbocycles. The van der Waals surface area contributed by atoms with E-state index >= 15 is 0 Å². The van der Waals surface area contributed by atoms with Crippen LogP contribution in [0.2, 0.25) is 10.2 Å². The highest BCUT2D eigenvalue weighted by Crippen LogP contribution is 2.26. The maximum atomic E-state index is 6.02. The smallest absolute Gasteiger partial charge is 0.140 e. The van der Waals surface area contributed by atoms with Gasteiger partial charge in [-0.1, -0.05) is 35.3 Å². The topological polar surface area (TPSA) is 25.8 Å². The number of hydrogen-bond donors (Lipinski definition) is 0. The van der Waals surface area contributed by atoms with Crippen LogP contribution in [0.5, 0.6) is 0 Å². The molecule has 2 nitrogen and oxygen atoms in total. The lowest BCUT2D eigenvalue weighted by atomic mass is 10.1. The Balaban J connectivity index is 2.49. The Kier molecular flexibility index (Phi) is 2.89. The summed E-state index contributed by atoms with van der Waals surface area (Å²) >= 11 is 11.8. The molecule has 1 aromatic carbocycles. The summed E-state index contributed by atoms with van der Waals surface area (Å²) in [6, 6.07) is 7.41. The zero-order valence-corrected chi connectivity index (χ0v) is 9.55. The largest absolute Gasteiger partial charge is 0.241 e. The average Bonchev–Trinajstić information content (AvgIpc) is 2.20. The van der Waals surface area contributed by atoms with Crippen molar-refractivity contribution in [2.45, 2.75) is 6.92 Å².